The highest BCUT2D eigenvalue weighted by molar-refractivity contribution is 6.01. The fraction of sp³-hybridized carbons (Fsp3) is 0. The standard InChI is InChI=1S/C11H8N2O4/c12-9-7(10(14)17-11(15)16)5-6-3-1-2-4-8(6)13-9/h1-5H,(H2,12,13)(H,15,16). The van der Waals surface area contributed by atoms with Gasteiger partial charge >= 0.3 is 12.1 Å². The summed E-state index contributed by atoms with van der Waals surface area (Å²) in [7, 11) is 0. The van der Waals surface area contributed by atoms with Crippen LogP contribution in [0.3, 0.4) is 0 Å². The zero-order valence-corrected chi connectivity index (χ0v) is 8.58. The first-order valence-electron chi connectivity index (χ1n) is 4.68. The molecular formula is C11H8N2O4. The zero-order chi connectivity index (χ0) is 12.4. The maximum Gasteiger partial charge on any atom is 0.513 e. The monoisotopic (exact) mass is 232 g/mol. The highest BCUT2D eigenvalue weighted by atomic mass is 16.7. The van der Waals surface area contributed by atoms with Crippen molar-refractivity contribution < 1.29 is 19.4 Å². The number of anilines is 1. The van der Waals surface area contributed by atoms with Crippen molar-refractivity contribution in [3.63, 3.8) is 0 Å². The van der Waals surface area contributed by atoms with Crippen LogP contribution in [0.1, 0.15) is 10.4 Å². The number of para-hydroxylation sites is 1. The number of nitrogens with two attached hydrogens (primary N) is 1. The average molecular weight is 232 g/mol. The van der Waals surface area contributed by atoms with Gasteiger partial charge in [-0.25, -0.2) is 14.6 Å². The Balaban J connectivity index is 2.50. The van der Waals surface area contributed by atoms with Gasteiger partial charge in [0.25, 0.3) is 0 Å². The molecule has 0 radical (unpaired) electrons. The number of carbonyl (C=O) groups excluding carboxylic acids is 1. The van der Waals surface area contributed by atoms with Gasteiger partial charge in [-0.15, -0.1) is 0 Å². The number of fused-ring (bicyclic) bond motifs is 1. The number of aromatic nitrogens is 1. The second-order valence-corrected chi connectivity index (χ2v) is 3.27. The van der Waals surface area contributed by atoms with E-state index in [0.29, 0.717) is 10.9 Å². The Morgan fingerprint density at radius 2 is 2.00 bits per heavy atom. The molecule has 17 heavy (non-hydrogen) atoms. The van der Waals surface area contributed by atoms with Crippen LogP contribution in [0.15, 0.2) is 30.3 Å². The van der Waals surface area contributed by atoms with Crippen LogP contribution in [0.5, 0.6) is 0 Å². The molecule has 1 aromatic carbocycles. The first kappa shape index (κ1) is 10.9. The number of carbonyl (C=O) groups is 2. The van der Waals surface area contributed by atoms with Gasteiger partial charge in [0, 0.05) is 5.39 Å². The molecule has 2 aromatic rings. The molecule has 0 aliphatic heterocycles. The number of benzene rings is 1. The van der Waals surface area contributed by atoms with Gasteiger partial charge < -0.3 is 15.6 Å². The molecule has 0 bridgehead atoms. The molecule has 2 rings (SSSR count). The van der Waals surface area contributed by atoms with Crippen LogP contribution in [-0.4, -0.2) is 22.2 Å². The van der Waals surface area contributed by atoms with Gasteiger partial charge in [0.1, 0.15) is 11.4 Å². The molecule has 0 saturated heterocycles. The lowest BCUT2D eigenvalue weighted by atomic mass is 10.1. The van der Waals surface area contributed by atoms with Crippen LogP contribution < -0.4 is 5.73 Å². The van der Waals surface area contributed by atoms with E-state index in [1.165, 1.54) is 6.07 Å². The predicted molar refractivity (Wildman–Crippen MR) is 59.6 cm³/mol. The Hall–Kier alpha value is -2.63. The SMILES string of the molecule is Nc1nc2ccccc2cc1C(=O)OC(=O)O. The van der Waals surface area contributed by atoms with Gasteiger partial charge in [-0.05, 0) is 12.1 Å². The Kier molecular flexibility index (Phi) is 2.61. The lowest BCUT2D eigenvalue weighted by Gasteiger charge is -2.04. The van der Waals surface area contributed by atoms with Crippen molar-refractivity contribution in [3.05, 3.63) is 35.9 Å². The van der Waals surface area contributed by atoms with Gasteiger partial charge in [0.15, 0.2) is 0 Å². The molecule has 0 atom stereocenters. The minimum Gasteiger partial charge on any atom is -0.449 e. The Morgan fingerprint density at radius 3 is 2.71 bits per heavy atom. The van der Waals surface area contributed by atoms with Crippen molar-refractivity contribution >= 4 is 28.8 Å². The van der Waals surface area contributed by atoms with Crippen LogP contribution in [-0.2, 0) is 4.74 Å². The molecule has 0 spiro atoms. The van der Waals surface area contributed by atoms with E-state index in [-0.39, 0.29) is 11.4 Å². The summed E-state index contributed by atoms with van der Waals surface area (Å²) in [5, 5.41) is 9.02. The van der Waals surface area contributed by atoms with E-state index in [4.69, 9.17) is 10.8 Å². The summed E-state index contributed by atoms with van der Waals surface area (Å²) in [6, 6.07) is 8.47. The molecule has 0 saturated carbocycles. The fourth-order valence-electron chi connectivity index (χ4n) is 1.43. The lowest BCUT2D eigenvalue weighted by molar-refractivity contribution is 0.0510. The van der Waals surface area contributed by atoms with Crippen molar-refractivity contribution in [3.8, 4) is 0 Å². The van der Waals surface area contributed by atoms with Crippen LogP contribution in [0.2, 0.25) is 0 Å². The third-order valence-electron chi connectivity index (χ3n) is 2.15. The maximum atomic E-state index is 11.4. The van der Waals surface area contributed by atoms with Crippen LogP contribution in [0.4, 0.5) is 10.6 Å². The lowest BCUT2D eigenvalue weighted by Crippen LogP contribution is -2.13. The summed E-state index contributed by atoms with van der Waals surface area (Å²) < 4.78 is 4.02. The van der Waals surface area contributed by atoms with E-state index >= 15 is 0 Å². The number of pyridine rings is 1. The smallest absolute Gasteiger partial charge is 0.449 e. The molecule has 0 unspecified atom stereocenters. The number of ether oxygens (including phenoxy) is 1. The van der Waals surface area contributed by atoms with Crippen molar-refractivity contribution in [2.75, 3.05) is 5.73 Å². The molecule has 1 aromatic heterocycles. The van der Waals surface area contributed by atoms with Crippen molar-refractivity contribution in [2.45, 2.75) is 0 Å². The Bertz CT molecular complexity index is 609. The van der Waals surface area contributed by atoms with Crippen molar-refractivity contribution in [1.29, 1.82) is 0 Å². The first-order valence-corrected chi connectivity index (χ1v) is 4.68. The number of hydrogen-bond acceptors (Lipinski definition) is 5. The topological polar surface area (TPSA) is 103 Å². The molecule has 6 nitrogen and oxygen atoms in total. The average Bonchev–Trinajstić information content (AvgIpc) is 2.27. The molecule has 0 aliphatic carbocycles. The summed E-state index contributed by atoms with van der Waals surface area (Å²) in [6.07, 6.45) is -1.68. The van der Waals surface area contributed by atoms with Gasteiger partial charge in [0.2, 0.25) is 0 Å². The van der Waals surface area contributed by atoms with E-state index in [2.05, 4.69) is 9.72 Å². The number of nitrogen functional groups attached to an aromatic ring is 1. The maximum absolute atomic E-state index is 11.4. The van der Waals surface area contributed by atoms with E-state index in [9.17, 15) is 9.59 Å². The minimum atomic E-state index is -1.68. The largest absolute Gasteiger partial charge is 0.513 e. The molecule has 3 N–H and O–H groups in total. The van der Waals surface area contributed by atoms with Gasteiger partial charge in [-0.2, -0.15) is 0 Å². The van der Waals surface area contributed by atoms with Crippen molar-refractivity contribution in [2.24, 2.45) is 0 Å². The quantitative estimate of drug-likeness (QED) is 0.572. The molecule has 0 amide bonds. The molecule has 6 heteroatoms. The van der Waals surface area contributed by atoms with Crippen molar-refractivity contribution in [1.82, 2.24) is 4.98 Å². The van der Waals surface area contributed by atoms with Gasteiger partial charge in [-0.1, -0.05) is 18.2 Å². The highest BCUT2D eigenvalue weighted by Gasteiger charge is 2.16. The van der Waals surface area contributed by atoms with Crippen LogP contribution in [0, 0.1) is 0 Å². The molecule has 0 aliphatic rings. The molecule has 0 fully saturated rings. The normalized spacial score (nSPS) is 10.1. The second kappa shape index (κ2) is 4.09. The number of hydrogen-bond donors (Lipinski definition) is 2. The number of carboxylic acid groups (broad SMARTS) is 1. The van der Waals surface area contributed by atoms with Gasteiger partial charge in [-0.3, -0.25) is 0 Å². The second-order valence-electron chi connectivity index (χ2n) is 3.27. The summed E-state index contributed by atoms with van der Waals surface area (Å²) in [5.41, 5.74) is 6.12. The summed E-state index contributed by atoms with van der Waals surface area (Å²) >= 11 is 0. The number of rotatable bonds is 1. The van der Waals surface area contributed by atoms with Crippen LogP contribution >= 0.6 is 0 Å². The highest BCUT2D eigenvalue weighted by Crippen LogP contribution is 2.18. The van der Waals surface area contributed by atoms with E-state index < -0.39 is 12.1 Å². The molecule has 86 valence electrons. The van der Waals surface area contributed by atoms with E-state index in [1.54, 1.807) is 24.3 Å². The first-order chi connectivity index (χ1) is 8.08. The third-order valence-corrected chi connectivity index (χ3v) is 2.15. The fourth-order valence-corrected chi connectivity index (χ4v) is 1.43. The predicted octanol–water partition coefficient (Wildman–Crippen LogP) is 1.65. The third kappa shape index (κ3) is 2.15. The number of nitrogens with zero attached hydrogens (tertiary/aromatic N) is 1. The van der Waals surface area contributed by atoms with Gasteiger partial charge in [0.05, 0.1) is 5.52 Å². The molecule has 1 heterocycles. The summed E-state index contributed by atoms with van der Waals surface area (Å²) in [4.78, 5) is 25.6. The Labute approximate surface area is 95.6 Å². The molecular weight excluding hydrogens is 224 g/mol. The summed E-state index contributed by atoms with van der Waals surface area (Å²) in [6.45, 7) is 0. The van der Waals surface area contributed by atoms with E-state index in [0.717, 1.165) is 0 Å². The summed E-state index contributed by atoms with van der Waals surface area (Å²) in [5.74, 6) is -1.09. The van der Waals surface area contributed by atoms with Crippen LogP contribution in [0.25, 0.3) is 10.9 Å². The number of esters is 1. The zero-order valence-electron chi connectivity index (χ0n) is 8.58. The van der Waals surface area contributed by atoms with E-state index in [1.807, 2.05) is 0 Å². The Morgan fingerprint density at radius 1 is 1.29 bits per heavy atom. The minimum absolute atomic E-state index is 0.0602.